The van der Waals surface area contributed by atoms with E-state index >= 15 is 0 Å². The molecule has 1 aromatic rings. The highest BCUT2D eigenvalue weighted by molar-refractivity contribution is 5.35. The van der Waals surface area contributed by atoms with Gasteiger partial charge in [0.1, 0.15) is 0 Å². The fourth-order valence-electron chi connectivity index (χ4n) is 1.07. The van der Waals surface area contributed by atoms with E-state index in [0.717, 1.165) is 11.6 Å². The normalized spacial score (nSPS) is 9.92. The minimum Gasteiger partial charge on any atom is -0.488 e. The van der Waals surface area contributed by atoms with Crippen LogP contribution in [0.25, 0.3) is 0 Å². The SMILES string of the molecule is CCOc1ccn(C)c1OCC. The van der Waals surface area contributed by atoms with Crippen molar-refractivity contribution in [2.24, 2.45) is 7.05 Å². The average Bonchev–Trinajstić information content (AvgIpc) is 2.37. The first-order valence-electron chi connectivity index (χ1n) is 4.20. The molecular weight excluding hydrogens is 154 g/mol. The fourth-order valence-corrected chi connectivity index (χ4v) is 1.07. The topological polar surface area (TPSA) is 23.4 Å². The first-order valence-corrected chi connectivity index (χ1v) is 4.20. The van der Waals surface area contributed by atoms with E-state index in [1.54, 1.807) is 0 Å². The summed E-state index contributed by atoms with van der Waals surface area (Å²) in [7, 11) is 1.94. The van der Waals surface area contributed by atoms with Crippen molar-refractivity contribution in [2.45, 2.75) is 13.8 Å². The van der Waals surface area contributed by atoms with Crippen molar-refractivity contribution in [1.29, 1.82) is 0 Å². The molecule has 0 atom stereocenters. The van der Waals surface area contributed by atoms with E-state index in [4.69, 9.17) is 9.47 Å². The Hall–Kier alpha value is -1.12. The van der Waals surface area contributed by atoms with Gasteiger partial charge < -0.3 is 14.0 Å². The maximum atomic E-state index is 5.40. The van der Waals surface area contributed by atoms with Crippen molar-refractivity contribution in [1.82, 2.24) is 4.57 Å². The monoisotopic (exact) mass is 169 g/mol. The molecule has 0 aliphatic rings. The molecule has 0 aromatic carbocycles. The second-order valence-corrected chi connectivity index (χ2v) is 2.46. The van der Waals surface area contributed by atoms with Gasteiger partial charge in [0, 0.05) is 19.3 Å². The number of ether oxygens (including phenoxy) is 2. The average molecular weight is 169 g/mol. The third-order valence-corrected chi connectivity index (χ3v) is 1.56. The van der Waals surface area contributed by atoms with Crippen LogP contribution in [-0.2, 0) is 7.05 Å². The molecule has 3 heteroatoms. The molecule has 3 nitrogen and oxygen atoms in total. The Morgan fingerprint density at radius 3 is 2.50 bits per heavy atom. The summed E-state index contributed by atoms with van der Waals surface area (Å²) in [6, 6.07) is 1.91. The maximum Gasteiger partial charge on any atom is 0.236 e. The lowest BCUT2D eigenvalue weighted by Crippen LogP contribution is -2.00. The summed E-state index contributed by atoms with van der Waals surface area (Å²) in [5.74, 6) is 1.63. The van der Waals surface area contributed by atoms with E-state index in [9.17, 15) is 0 Å². The van der Waals surface area contributed by atoms with Gasteiger partial charge in [-0.25, -0.2) is 0 Å². The van der Waals surface area contributed by atoms with Crippen LogP contribution in [0.4, 0.5) is 0 Å². The van der Waals surface area contributed by atoms with Crippen LogP contribution >= 0.6 is 0 Å². The molecule has 12 heavy (non-hydrogen) atoms. The third-order valence-electron chi connectivity index (χ3n) is 1.56. The van der Waals surface area contributed by atoms with Crippen LogP contribution in [0.3, 0.4) is 0 Å². The summed E-state index contributed by atoms with van der Waals surface area (Å²) in [5, 5.41) is 0. The highest BCUT2D eigenvalue weighted by Crippen LogP contribution is 2.27. The summed E-state index contributed by atoms with van der Waals surface area (Å²) in [6.07, 6.45) is 1.93. The van der Waals surface area contributed by atoms with E-state index in [1.165, 1.54) is 0 Å². The minimum absolute atomic E-state index is 0.665. The van der Waals surface area contributed by atoms with Gasteiger partial charge in [-0.05, 0) is 13.8 Å². The highest BCUT2D eigenvalue weighted by atomic mass is 16.5. The molecule has 0 N–H and O–H groups in total. The molecule has 0 amide bonds. The first kappa shape index (κ1) is 8.97. The fraction of sp³-hybridized carbons (Fsp3) is 0.556. The summed E-state index contributed by atoms with van der Waals surface area (Å²) in [5.41, 5.74) is 0. The number of rotatable bonds is 4. The Labute approximate surface area is 72.9 Å². The number of nitrogens with zero attached hydrogens (tertiary/aromatic N) is 1. The highest BCUT2D eigenvalue weighted by Gasteiger charge is 2.07. The molecule has 1 aromatic heterocycles. The van der Waals surface area contributed by atoms with Gasteiger partial charge in [-0.15, -0.1) is 0 Å². The van der Waals surface area contributed by atoms with Crippen molar-refractivity contribution in [3.05, 3.63) is 12.3 Å². The smallest absolute Gasteiger partial charge is 0.236 e. The first-order chi connectivity index (χ1) is 5.79. The molecule has 0 bridgehead atoms. The number of hydrogen-bond donors (Lipinski definition) is 0. The third kappa shape index (κ3) is 1.72. The van der Waals surface area contributed by atoms with Gasteiger partial charge in [0.15, 0.2) is 5.75 Å². The zero-order valence-corrected chi connectivity index (χ0v) is 7.83. The lowest BCUT2D eigenvalue weighted by Gasteiger charge is -2.07. The number of hydrogen-bond acceptors (Lipinski definition) is 2. The lowest BCUT2D eigenvalue weighted by atomic mass is 10.5. The zero-order valence-electron chi connectivity index (χ0n) is 7.83. The second kappa shape index (κ2) is 4.04. The van der Waals surface area contributed by atoms with Gasteiger partial charge in [0.2, 0.25) is 5.88 Å². The molecule has 0 saturated carbocycles. The predicted molar refractivity (Wildman–Crippen MR) is 47.8 cm³/mol. The molecule has 0 fully saturated rings. The molecule has 0 aliphatic carbocycles. The van der Waals surface area contributed by atoms with Crippen LogP contribution < -0.4 is 9.47 Å². The van der Waals surface area contributed by atoms with E-state index in [2.05, 4.69) is 0 Å². The van der Waals surface area contributed by atoms with Crippen LogP contribution in [0.15, 0.2) is 12.3 Å². The van der Waals surface area contributed by atoms with Crippen LogP contribution in [0.2, 0.25) is 0 Å². The Kier molecular flexibility index (Phi) is 3.02. The van der Waals surface area contributed by atoms with Crippen LogP contribution in [0.1, 0.15) is 13.8 Å². The standard InChI is InChI=1S/C9H15NO2/c1-4-11-8-6-7-10(3)9(8)12-5-2/h6-7H,4-5H2,1-3H3. The van der Waals surface area contributed by atoms with Gasteiger partial charge >= 0.3 is 0 Å². The molecular formula is C9H15NO2. The Morgan fingerprint density at radius 1 is 1.25 bits per heavy atom. The Balaban J connectivity index is 2.80. The molecule has 1 heterocycles. The van der Waals surface area contributed by atoms with Crippen molar-refractivity contribution in [3.63, 3.8) is 0 Å². The van der Waals surface area contributed by atoms with Crippen molar-refractivity contribution < 1.29 is 9.47 Å². The molecule has 0 unspecified atom stereocenters. The summed E-state index contributed by atoms with van der Waals surface area (Å²) < 4.78 is 12.7. The van der Waals surface area contributed by atoms with Crippen LogP contribution in [0.5, 0.6) is 11.6 Å². The lowest BCUT2D eigenvalue weighted by molar-refractivity contribution is 0.274. The summed E-state index contributed by atoms with van der Waals surface area (Å²) in [4.78, 5) is 0. The van der Waals surface area contributed by atoms with E-state index in [-0.39, 0.29) is 0 Å². The Morgan fingerprint density at radius 2 is 1.92 bits per heavy atom. The quantitative estimate of drug-likeness (QED) is 0.686. The predicted octanol–water partition coefficient (Wildman–Crippen LogP) is 1.82. The van der Waals surface area contributed by atoms with E-state index in [1.807, 2.05) is 37.7 Å². The number of aryl methyl sites for hydroxylation is 1. The van der Waals surface area contributed by atoms with Gasteiger partial charge in [-0.1, -0.05) is 0 Å². The van der Waals surface area contributed by atoms with Gasteiger partial charge in [-0.2, -0.15) is 0 Å². The molecule has 0 aliphatic heterocycles. The van der Waals surface area contributed by atoms with Gasteiger partial charge in [0.25, 0.3) is 0 Å². The molecule has 0 spiro atoms. The Bertz CT molecular complexity index is 243. The van der Waals surface area contributed by atoms with Gasteiger partial charge in [-0.3, -0.25) is 0 Å². The van der Waals surface area contributed by atoms with Crippen molar-refractivity contribution >= 4 is 0 Å². The van der Waals surface area contributed by atoms with Crippen molar-refractivity contribution in [3.8, 4) is 11.6 Å². The summed E-state index contributed by atoms with van der Waals surface area (Å²) in [6.45, 7) is 5.26. The molecule has 1 rings (SSSR count). The molecule has 0 radical (unpaired) electrons. The zero-order chi connectivity index (χ0) is 8.97. The van der Waals surface area contributed by atoms with E-state index in [0.29, 0.717) is 13.2 Å². The molecule has 0 saturated heterocycles. The summed E-state index contributed by atoms with van der Waals surface area (Å²) >= 11 is 0. The second-order valence-electron chi connectivity index (χ2n) is 2.46. The van der Waals surface area contributed by atoms with Gasteiger partial charge in [0.05, 0.1) is 13.2 Å². The minimum atomic E-state index is 0.665. The van der Waals surface area contributed by atoms with Crippen LogP contribution in [-0.4, -0.2) is 17.8 Å². The van der Waals surface area contributed by atoms with E-state index < -0.39 is 0 Å². The van der Waals surface area contributed by atoms with Crippen LogP contribution in [0, 0.1) is 0 Å². The number of aromatic nitrogens is 1. The van der Waals surface area contributed by atoms with Crippen molar-refractivity contribution in [2.75, 3.05) is 13.2 Å². The maximum absolute atomic E-state index is 5.40. The molecule has 68 valence electrons. The largest absolute Gasteiger partial charge is 0.488 e.